The molecule has 1 aliphatic heterocycles. The molecule has 0 spiro atoms. The molecule has 5 nitrogen and oxygen atoms in total. The quantitative estimate of drug-likeness (QED) is 0.616. The van der Waals surface area contributed by atoms with E-state index in [0.717, 1.165) is 25.2 Å². The van der Waals surface area contributed by atoms with Gasteiger partial charge in [0.25, 0.3) is 0 Å². The molecule has 0 amide bonds. The number of allylic oxidation sites excluding steroid dienone is 2. The Labute approximate surface area is 141 Å². The minimum atomic E-state index is -0.978. The van der Waals surface area contributed by atoms with Crippen LogP contribution in [0.2, 0.25) is 5.02 Å². The number of ether oxygens (including phenoxy) is 2. The Morgan fingerprint density at radius 2 is 1.71 bits per heavy atom. The van der Waals surface area contributed by atoms with Crippen molar-refractivity contribution >= 4 is 29.2 Å². The Hall–Kier alpha value is -2.67. The molecule has 0 aromatic heterocycles. The zero-order valence-corrected chi connectivity index (χ0v) is 13.4. The van der Waals surface area contributed by atoms with Gasteiger partial charge < -0.3 is 14.4 Å². The first-order valence-electron chi connectivity index (χ1n) is 6.60. The van der Waals surface area contributed by atoms with Crippen molar-refractivity contribution in [3.63, 3.8) is 0 Å². The summed E-state index contributed by atoms with van der Waals surface area (Å²) in [6.45, 7) is 0. The summed E-state index contributed by atoms with van der Waals surface area (Å²) in [5.41, 5.74) is -0.687. The molecule has 1 aromatic rings. The summed E-state index contributed by atoms with van der Waals surface area (Å²) in [6, 6.07) is 1.58. The topological polar surface area (TPSA) is 55.8 Å². The fourth-order valence-corrected chi connectivity index (χ4v) is 2.21. The van der Waals surface area contributed by atoms with Crippen LogP contribution in [0.1, 0.15) is 0 Å². The summed E-state index contributed by atoms with van der Waals surface area (Å²) in [4.78, 5) is 25.2. The van der Waals surface area contributed by atoms with E-state index in [-0.39, 0.29) is 22.0 Å². The molecular weight excluding hydrogens is 344 g/mol. The third-order valence-electron chi connectivity index (χ3n) is 3.14. The van der Waals surface area contributed by atoms with Crippen LogP contribution < -0.4 is 4.90 Å². The Kier molecular flexibility index (Phi) is 5.35. The summed E-state index contributed by atoms with van der Waals surface area (Å²) >= 11 is 5.70. The molecule has 1 aromatic carbocycles. The number of rotatable bonds is 3. The Bertz CT molecular complexity index is 787. The molecule has 24 heavy (non-hydrogen) atoms. The van der Waals surface area contributed by atoms with E-state index in [1.54, 1.807) is 0 Å². The van der Waals surface area contributed by atoms with E-state index in [1.165, 1.54) is 24.4 Å². The van der Waals surface area contributed by atoms with Crippen LogP contribution in [0.4, 0.5) is 14.5 Å². The largest absolute Gasteiger partial charge is 0.465 e. The van der Waals surface area contributed by atoms with Crippen molar-refractivity contribution in [2.75, 3.05) is 19.1 Å². The van der Waals surface area contributed by atoms with Gasteiger partial charge in [0, 0.05) is 12.3 Å². The van der Waals surface area contributed by atoms with Crippen LogP contribution in [0.15, 0.2) is 47.8 Å². The van der Waals surface area contributed by atoms with Gasteiger partial charge in [-0.15, -0.1) is 0 Å². The SMILES string of the molecule is COC(=O)C1=C(C(=O)OC)N(c2cc(Cl)c(F)cc2F)C=CC=C1. The lowest BCUT2D eigenvalue weighted by molar-refractivity contribution is -0.139. The summed E-state index contributed by atoms with van der Waals surface area (Å²) in [6.07, 6.45) is 5.54. The van der Waals surface area contributed by atoms with E-state index in [9.17, 15) is 18.4 Å². The fraction of sp³-hybridized carbons (Fsp3) is 0.125. The standard InChI is InChI=1S/C16H12ClF2NO4/c1-23-15(21)9-5-3-4-6-20(14(9)16(22)24-2)13-7-10(17)11(18)8-12(13)19/h3-8H,1-2H3. The molecule has 2 rings (SSSR count). The lowest BCUT2D eigenvalue weighted by Crippen LogP contribution is -2.27. The Morgan fingerprint density at radius 1 is 1.04 bits per heavy atom. The molecule has 8 heteroatoms. The fourth-order valence-electron chi connectivity index (χ4n) is 2.05. The first-order chi connectivity index (χ1) is 11.4. The van der Waals surface area contributed by atoms with E-state index in [1.807, 2.05) is 0 Å². The zero-order valence-electron chi connectivity index (χ0n) is 12.7. The maximum absolute atomic E-state index is 14.2. The molecule has 0 atom stereocenters. The average Bonchev–Trinajstić information content (AvgIpc) is 2.79. The van der Waals surface area contributed by atoms with Gasteiger partial charge in [-0.2, -0.15) is 0 Å². The van der Waals surface area contributed by atoms with Crippen molar-refractivity contribution in [1.82, 2.24) is 0 Å². The second-order valence-electron chi connectivity index (χ2n) is 4.53. The van der Waals surface area contributed by atoms with E-state index in [0.29, 0.717) is 6.07 Å². The lowest BCUT2D eigenvalue weighted by Gasteiger charge is -2.23. The smallest absolute Gasteiger partial charge is 0.355 e. The Balaban J connectivity index is 2.72. The second-order valence-corrected chi connectivity index (χ2v) is 4.94. The van der Waals surface area contributed by atoms with Crippen LogP contribution in [0, 0.1) is 11.6 Å². The van der Waals surface area contributed by atoms with Crippen LogP contribution in [0.5, 0.6) is 0 Å². The molecule has 0 fully saturated rings. The summed E-state index contributed by atoms with van der Waals surface area (Å²) < 4.78 is 36.9. The van der Waals surface area contributed by atoms with Gasteiger partial charge in [-0.1, -0.05) is 17.7 Å². The van der Waals surface area contributed by atoms with E-state index < -0.39 is 23.6 Å². The summed E-state index contributed by atoms with van der Waals surface area (Å²) in [5, 5.41) is -0.346. The highest BCUT2D eigenvalue weighted by Gasteiger charge is 2.29. The van der Waals surface area contributed by atoms with Crippen LogP contribution in [-0.4, -0.2) is 26.2 Å². The molecule has 0 saturated heterocycles. The maximum Gasteiger partial charge on any atom is 0.355 e. The molecule has 0 radical (unpaired) electrons. The van der Waals surface area contributed by atoms with Crippen LogP contribution in [0.3, 0.4) is 0 Å². The maximum atomic E-state index is 14.2. The number of methoxy groups -OCH3 is 2. The first kappa shape index (κ1) is 17.7. The predicted molar refractivity (Wildman–Crippen MR) is 83.2 cm³/mol. The second kappa shape index (κ2) is 7.27. The molecule has 1 heterocycles. The van der Waals surface area contributed by atoms with Crippen LogP contribution in [0.25, 0.3) is 0 Å². The van der Waals surface area contributed by atoms with Crippen molar-refractivity contribution < 1.29 is 27.8 Å². The molecule has 0 unspecified atom stereocenters. The number of carbonyl (C=O) groups is 2. The van der Waals surface area contributed by atoms with Gasteiger partial charge in [-0.05, 0) is 18.2 Å². The first-order valence-corrected chi connectivity index (χ1v) is 6.98. The minimum Gasteiger partial charge on any atom is -0.465 e. The zero-order chi connectivity index (χ0) is 17.9. The molecule has 0 saturated carbocycles. The minimum absolute atomic E-state index is 0.158. The van der Waals surface area contributed by atoms with Gasteiger partial charge in [0.15, 0.2) is 0 Å². The van der Waals surface area contributed by atoms with Gasteiger partial charge in [0.1, 0.15) is 17.3 Å². The summed E-state index contributed by atoms with van der Waals surface area (Å²) in [5.74, 6) is -3.67. The third-order valence-corrected chi connectivity index (χ3v) is 3.43. The molecule has 0 bridgehead atoms. The van der Waals surface area contributed by atoms with Crippen LogP contribution in [-0.2, 0) is 19.1 Å². The molecule has 0 N–H and O–H groups in total. The predicted octanol–water partition coefficient (Wildman–Crippen LogP) is 3.11. The number of carbonyl (C=O) groups excluding carboxylic acids is 2. The number of anilines is 1. The molecule has 0 aliphatic carbocycles. The monoisotopic (exact) mass is 355 g/mol. The number of nitrogens with zero attached hydrogens (tertiary/aromatic N) is 1. The van der Waals surface area contributed by atoms with Gasteiger partial charge in [0.05, 0.1) is 30.5 Å². The van der Waals surface area contributed by atoms with Crippen molar-refractivity contribution in [3.05, 3.63) is 64.5 Å². The van der Waals surface area contributed by atoms with Crippen molar-refractivity contribution in [1.29, 1.82) is 0 Å². The average molecular weight is 356 g/mol. The van der Waals surface area contributed by atoms with Gasteiger partial charge in [-0.3, -0.25) is 0 Å². The third kappa shape index (κ3) is 3.30. The highest BCUT2D eigenvalue weighted by Crippen LogP contribution is 2.31. The number of hydrogen-bond acceptors (Lipinski definition) is 5. The van der Waals surface area contributed by atoms with Crippen molar-refractivity contribution in [2.24, 2.45) is 0 Å². The number of benzene rings is 1. The van der Waals surface area contributed by atoms with Crippen molar-refractivity contribution in [3.8, 4) is 0 Å². The van der Waals surface area contributed by atoms with E-state index >= 15 is 0 Å². The van der Waals surface area contributed by atoms with E-state index in [4.69, 9.17) is 11.6 Å². The summed E-state index contributed by atoms with van der Waals surface area (Å²) in [7, 11) is 2.24. The molecule has 1 aliphatic rings. The Morgan fingerprint density at radius 3 is 2.33 bits per heavy atom. The van der Waals surface area contributed by atoms with Gasteiger partial charge in [-0.25, -0.2) is 18.4 Å². The highest BCUT2D eigenvalue weighted by atomic mass is 35.5. The number of halogens is 3. The van der Waals surface area contributed by atoms with Gasteiger partial charge in [0.2, 0.25) is 0 Å². The normalized spacial score (nSPS) is 13.8. The van der Waals surface area contributed by atoms with E-state index in [2.05, 4.69) is 9.47 Å². The number of hydrogen-bond donors (Lipinski definition) is 0. The number of esters is 2. The van der Waals surface area contributed by atoms with Crippen molar-refractivity contribution in [2.45, 2.75) is 0 Å². The van der Waals surface area contributed by atoms with Crippen LogP contribution >= 0.6 is 11.6 Å². The molecular formula is C16H12ClF2NO4. The highest BCUT2D eigenvalue weighted by molar-refractivity contribution is 6.31. The lowest BCUT2D eigenvalue weighted by atomic mass is 10.1. The molecule has 126 valence electrons. The van der Waals surface area contributed by atoms with Gasteiger partial charge >= 0.3 is 11.9 Å².